The number of para-hydroxylation sites is 1. The molecular formula is C22H23ClN4O. The van der Waals surface area contributed by atoms with E-state index in [4.69, 9.17) is 16.7 Å². The molecule has 0 radical (unpaired) electrons. The molecule has 6 heteroatoms. The second-order valence-corrected chi connectivity index (χ2v) is 7.61. The largest absolute Gasteiger partial charge is 0.309 e. The van der Waals surface area contributed by atoms with E-state index in [1.54, 1.807) is 0 Å². The molecule has 0 bridgehead atoms. The molecule has 1 saturated carbocycles. The second kappa shape index (κ2) is 8.17. The van der Waals surface area contributed by atoms with Crippen molar-refractivity contribution in [2.24, 2.45) is 0 Å². The molecular weight excluding hydrogens is 372 g/mol. The highest BCUT2D eigenvalue weighted by Gasteiger charge is 2.28. The van der Waals surface area contributed by atoms with Crippen LogP contribution in [-0.2, 0) is 4.79 Å². The Morgan fingerprint density at radius 3 is 2.57 bits per heavy atom. The summed E-state index contributed by atoms with van der Waals surface area (Å²) in [5.41, 5.74) is 3.07. The van der Waals surface area contributed by atoms with Crippen LogP contribution >= 0.6 is 11.6 Å². The summed E-state index contributed by atoms with van der Waals surface area (Å²) in [7, 11) is 0. The topological polar surface area (TPSA) is 59.0 Å². The number of hydrogen-bond donors (Lipinski definition) is 2. The number of halogens is 1. The lowest BCUT2D eigenvalue weighted by atomic mass is 10.1. The number of rotatable bonds is 7. The minimum absolute atomic E-state index is 0.0454. The zero-order valence-corrected chi connectivity index (χ0v) is 16.5. The fourth-order valence-electron chi connectivity index (χ4n) is 3.14. The van der Waals surface area contributed by atoms with Crippen LogP contribution in [-0.4, -0.2) is 22.2 Å². The van der Waals surface area contributed by atoms with Crippen molar-refractivity contribution in [3.05, 3.63) is 76.9 Å². The van der Waals surface area contributed by atoms with Gasteiger partial charge in [-0.05, 0) is 49.6 Å². The Morgan fingerprint density at radius 2 is 1.89 bits per heavy atom. The molecule has 2 aromatic carbocycles. The third kappa shape index (κ3) is 4.43. The van der Waals surface area contributed by atoms with Gasteiger partial charge in [-0.1, -0.05) is 41.9 Å². The lowest BCUT2D eigenvalue weighted by Gasteiger charge is -2.14. The first-order valence-corrected chi connectivity index (χ1v) is 9.92. The monoisotopic (exact) mass is 394 g/mol. The third-order valence-electron chi connectivity index (χ3n) is 4.93. The smallest absolute Gasteiger partial charge is 0.239 e. The van der Waals surface area contributed by atoms with Crippen molar-refractivity contribution in [3.8, 4) is 5.69 Å². The predicted octanol–water partition coefficient (Wildman–Crippen LogP) is 4.69. The maximum Gasteiger partial charge on any atom is 0.239 e. The standard InChI is InChI=1S/C22H23ClN4O/c1-15(16-9-11-18(23)12-10-16)24-14-22(28)25-21-13-20(17-7-8-17)26-27(21)19-5-3-2-4-6-19/h2-6,9-13,15,17,24H,7-8,14H2,1H3,(H,25,28)/t15-/m0/s1. The molecule has 144 valence electrons. The van der Waals surface area contributed by atoms with Crippen molar-refractivity contribution in [3.63, 3.8) is 0 Å². The van der Waals surface area contributed by atoms with E-state index in [0.29, 0.717) is 16.8 Å². The molecule has 1 aliphatic carbocycles. The van der Waals surface area contributed by atoms with Crippen LogP contribution in [0.15, 0.2) is 60.7 Å². The summed E-state index contributed by atoms with van der Waals surface area (Å²) in [6.45, 7) is 2.23. The molecule has 1 atom stereocenters. The molecule has 1 amide bonds. The van der Waals surface area contributed by atoms with Crippen molar-refractivity contribution < 1.29 is 4.79 Å². The van der Waals surface area contributed by atoms with E-state index in [0.717, 1.165) is 16.9 Å². The Kier molecular flexibility index (Phi) is 5.46. The number of nitrogens with zero attached hydrogens (tertiary/aromatic N) is 2. The molecule has 1 fully saturated rings. The highest BCUT2D eigenvalue weighted by molar-refractivity contribution is 6.30. The van der Waals surface area contributed by atoms with Crippen LogP contribution in [0.1, 0.15) is 43.0 Å². The number of carbonyl (C=O) groups is 1. The molecule has 4 rings (SSSR count). The molecule has 1 heterocycles. The first kappa shape index (κ1) is 18.7. The molecule has 1 aromatic heterocycles. The molecule has 2 N–H and O–H groups in total. The third-order valence-corrected chi connectivity index (χ3v) is 5.18. The quantitative estimate of drug-likeness (QED) is 0.611. The van der Waals surface area contributed by atoms with Gasteiger partial charge in [-0.2, -0.15) is 5.10 Å². The number of carbonyl (C=O) groups excluding carboxylic acids is 1. The van der Waals surface area contributed by atoms with E-state index in [2.05, 4.69) is 10.6 Å². The van der Waals surface area contributed by atoms with Gasteiger partial charge in [0.15, 0.2) is 0 Å². The summed E-state index contributed by atoms with van der Waals surface area (Å²) >= 11 is 5.94. The van der Waals surface area contributed by atoms with E-state index in [1.807, 2.05) is 72.3 Å². The summed E-state index contributed by atoms with van der Waals surface area (Å²) in [6.07, 6.45) is 2.33. The zero-order valence-electron chi connectivity index (χ0n) is 15.7. The first-order chi connectivity index (χ1) is 13.6. The summed E-state index contributed by atoms with van der Waals surface area (Å²) < 4.78 is 1.81. The molecule has 28 heavy (non-hydrogen) atoms. The molecule has 0 unspecified atom stereocenters. The van der Waals surface area contributed by atoms with Crippen LogP contribution in [0.3, 0.4) is 0 Å². The van der Waals surface area contributed by atoms with Crippen molar-refractivity contribution in [2.45, 2.75) is 31.7 Å². The maximum absolute atomic E-state index is 12.5. The first-order valence-electron chi connectivity index (χ1n) is 9.54. The molecule has 0 saturated heterocycles. The van der Waals surface area contributed by atoms with Crippen molar-refractivity contribution in [1.82, 2.24) is 15.1 Å². The van der Waals surface area contributed by atoms with Gasteiger partial charge in [0.1, 0.15) is 5.82 Å². The van der Waals surface area contributed by atoms with Gasteiger partial charge in [0, 0.05) is 23.0 Å². The van der Waals surface area contributed by atoms with Crippen LogP contribution in [0.2, 0.25) is 5.02 Å². The van der Waals surface area contributed by atoms with Gasteiger partial charge >= 0.3 is 0 Å². The van der Waals surface area contributed by atoms with Gasteiger partial charge in [-0.25, -0.2) is 4.68 Å². The average Bonchev–Trinajstić information content (AvgIpc) is 3.48. The van der Waals surface area contributed by atoms with Crippen LogP contribution in [0.5, 0.6) is 0 Å². The fourth-order valence-corrected chi connectivity index (χ4v) is 3.26. The lowest BCUT2D eigenvalue weighted by Crippen LogP contribution is -2.30. The van der Waals surface area contributed by atoms with Gasteiger partial charge < -0.3 is 10.6 Å². The second-order valence-electron chi connectivity index (χ2n) is 7.18. The number of nitrogens with one attached hydrogen (secondary N) is 2. The van der Waals surface area contributed by atoms with E-state index >= 15 is 0 Å². The zero-order chi connectivity index (χ0) is 19.5. The van der Waals surface area contributed by atoms with Gasteiger partial charge in [-0.3, -0.25) is 4.79 Å². The van der Waals surface area contributed by atoms with Gasteiger partial charge in [0.2, 0.25) is 5.91 Å². The van der Waals surface area contributed by atoms with Crippen LogP contribution in [0, 0.1) is 0 Å². The molecule has 3 aromatic rings. The number of aromatic nitrogens is 2. The Bertz CT molecular complexity index is 948. The molecule has 0 spiro atoms. The van der Waals surface area contributed by atoms with Crippen molar-refractivity contribution in [1.29, 1.82) is 0 Å². The van der Waals surface area contributed by atoms with Crippen LogP contribution in [0.25, 0.3) is 5.69 Å². The van der Waals surface area contributed by atoms with Crippen molar-refractivity contribution >= 4 is 23.3 Å². The van der Waals surface area contributed by atoms with Gasteiger partial charge in [0.05, 0.1) is 17.9 Å². The number of amides is 1. The van der Waals surface area contributed by atoms with E-state index in [1.165, 1.54) is 12.8 Å². The van der Waals surface area contributed by atoms with Crippen molar-refractivity contribution in [2.75, 3.05) is 11.9 Å². The minimum Gasteiger partial charge on any atom is -0.309 e. The fraction of sp³-hybridized carbons (Fsp3) is 0.273. The number of benzene rings is 2. The SMILES string of the molecule is C[C@H](NCC(=O)Nc1cc(C2CC2)nn1-c1ccccc1)c1ccc(Cl)cc1. The van der Waals surface area contributed by atoms with E-state index < -0.39 is 0 Å². The molecule has 1 aliphatic rings. The minimum atomic E-state index is -0.0970. The van der Waals surface area contributed by atoms with Gasteiger partial charge in [0.25, 0.3) is 0 Å². The van der Waals surface area contributed by atoms with Gasteiger partial charge in [-0.15, -0.1) is 0 Å². The lowest BCUT2D eigenvalue weighted by molar-refractivity contribution is -0.115. The normalized spacial score (nSPS) is 14.6. The molecule has 5 nitrogen and oxygen atoms in total. The average molecular weight is 395 g/mol. The highest BCUT2D eigenvalue weighted by atomic mass is 35.5. The van der Waals surface area contributed by atoms with Crippen LogP contribution < -0.4 is 10.6 Å². The Labute approximate surface area is 169 Å². The molecule has 0 aliphatic heterocycles. The summed E-state index contributed by atoms with van der Waals surface area (Å²) in [4.78, 5) is 12.5. The van der Waals surface area contributed by atoms with E-state index in [-0.39, 0.29) is 18.5 Å². The number of hydrogen-bond acceptors (Lipinski definition) is 3. The summed E-state index contributed by atoms with van der Waals surface area (Å²) in [5.74, 6) is 1.13. The maximum atomic E-state index is 12.5. The van der Waals surface area contributed by atoms with Crippen LogP contribution in [0.4, 0.5) is 5.82 Å². The number of anilines is 1. The van der Waals surface area contributed by atoms with E-state index in [9.17, 15) is 4.79 Å². The Balaban J connectivity index is 1.43. The Morgan fingerprint density at radius 1 is 1.18 bits per heavy atom. The predicted molar refractivity (Wildman–Crippen MR) is 112 cm³/mol. The Hall–Kier alpha value is -2.63. The highest BCUT2D eigenvalue weighted by Crippen LogP contribution is 2.40. The summed E-state index contributed by atoms with van der Waals surface area (Å²) in [6, 6.07) is 19.5. The summed E-state index contributed by atoms with van der Waals surface area (Å²) in [5, 5.41) is 11.7.